The van der Waals surface area contributed by atoms with Crippen LogP contribution in [0.4, 0.5) is 0 Å². The largest absolute Gasteiger partial charge is 0.370 e. The Morgan fingerprint density at radius 2 is 1.52 bits per heavy atom. The number of rotatable bonds is 6. The molecule has 1 aromatic rings. The quantitative estimate of drug-likeness (QED) is 0.606. The number of ether oxygens (including phenoxy) is 2. The summed E-state index contributed by atoms with van der Waals surface area (Å²) < 4.78 is 36.8. The summed E-state index contributed by atoms with van der Waals surface area (Å²) >= 11 is 0. The van der Waals surface area contributed by atoms with Gasteiger partial charge in [-0.1, -0.05) is 17.7 Å². The number of aryl methyl sites for hydroxylation is 1. The monoisotopic (exact) mass is 370 g/mol. The molecule has 2 N–H and O–H groups in total. The highest BCUT2D eigenvalue weighted by atomic mass is 32.2. The van der Waals surface area contributed by atoms with Crippen molar-refractivity contribution in [1.82, 2.24) is 0 Å². The molecule has 2 saturated heterocycles. The lowest BCUT2D eigenvalue weighted by Crippen LogP contribution is -3.25. The molecule has 0 aliphatic carbocycles. The van der Waals surface area contributed by atoms with E-state index in [0.717, 1.165) is 64.7 Å². The van der Waals surface area contributed by atoms with Gasteiger partial charge in [0.05, 0.1) is 31.3 Å². The zero-order valence-electron chi connectivity index (χ0n) is 15.0. The van der Waals surface area contributed by atoms with E-state index >= 15 is 0 Å². The first kappa shape index (κ1) is 18.8. The second-order valence-corrected chi connectivity index (χ2v) is 9.16. The molecule has 2 fully saturated rings. The van der Waals surface area contributed by atoms with E-state index < -0.39 is 9.84 Å². The van der Waals surface area contributed by atoms with Crippen LogP contribution >= 0.6 is 0 Å². The Balaban J connectivity index is 1.74. The predicted molar refractivity (Wildman–Crippen MR) is 94.9 cm³/mol. The Labute approximate surface area is 150 Å². The Morgan fingerprint density at radius 3 is 2.12 bits per heavy atom. The highest BCUT2D eigenvalue weighted by molar-refractivity contribution is 7.91. The average molecular weight is 371 g/mol. The Hall–Kier alpha value is -0.990. The molecule has 3 rings (SSSR count). The molecule has 2 aliphatic heterocycles. The topological polar surface area (TPSA) is 61.5 Å². The van der Waals surface area contributed by atoms with E-state index in [4.69, 9.17) is 9.47 Å². The van der Waals surface area contributed by atoms with Crippen LogP contribution in [-0.4, -0.2) is 79.4 Å². The zero-order valence-corrected chi connectivity index (χ0v) is 15.8. The van der Waals surface area contributed by atoms with Crippen molar-refractivity contribution in [1.29, 1.82) is 0 Å². The van der Waals surface area contributed by atoms with Gasteiger partial charge in [-0.05, 0) is 19.1 Å². The third-order valence-electron chi connectivity index (χ3n) is 5.25. The molecule has 6 nitrogen and oxygen atoms in total. The van der Waals surface area contributed by atoms with E-state index in [0.29, 0.717) is 4.90 Å². The number of hydrogen-bond donors (Lipinski definition) is 2. The van der Waals surface area contributed by atoms with Crippen molar-refractivity contribution >= 4 is 9.84 Å². The Bertz CT molecular complexity index is 636. The summed E-state index contributed by atoms with van der Waals surface area (Å²) in [5, 5.41) is 0. The summed E-state index contributed by atoms with van der Waals surface area (Å²) in [6, 6.07) is 7.31. The highest BCUT2D eigenvalue weighted by Gasteiger charge is 2.34. The minimum absolute atomic E-state index is 0.100. The van der Waals surface area contributed by atoms with E-state index in [1.165, 1.54) is 9.80 Å². The molecule has 25 heavy (non-hydrogen) atoms. The smallest absolute Gasteiger partial charge is 0.184 e. The molecule has 2 heterocycles. The maximum absolute atomic E-state index is 13.0. The van der Waals surface area contributed by atoms with E-state index in [1.807, 2.05) is 19.1 Å². The minimum atomic E-state index is -3.28. The predicted octanol–water partition coefficient (Wildman–Crippen LogP) is -2.03. The second kappa shape index (κ2) is 8.60. The van der Waals surface area contributed by atoms with Crippen LogP contribution < -0.4 is 9.80 Å². The van der Waals surface area contributed by atoms with Crippen LogP contribution in [0.2, 0.25) is 0 Å². The molecule has 0 spiro atoms. The van der Waals surface area contributed by atoms with E-state index in [1.54, 1.807) is 12.1 Å². The van der Waals surface area contributed by atoms with Crippen molar-refractivity contribution in [3.05, 3.63) is 29.8 Å². The van der Waals surface area contributed by atoms with Gasteiger partial charge in [-0.3, -0.25) is 0 Å². The van der Waals surface area contributed by atoms with Crippen LogP contribution in [0, 0.1) is 6.92 Å². The van der Waals surface area contributed by atoms with Crippen LogP contribution in [0.15, 0.2) is 29.2 Å². The molecule has 1 atom stereocenters. The lowest BCUT2D eigenvalue weighted by molar-refractivity contribution is -0.981. The van der Waals surface area contributed by atoms with Gasteiger partial charge in [-0.25, -0.2) is 8.42 Å². The van der Waals surface area contributed by atoms with Gasteiger partial charge in [-0.15, -0.1) is 0 Å². The van der Waals surface area contributed by atoms with E-state index in [9.17, 15) is 8.42 Å². The number of benzene rings is 1. The van der Waals surface area contributed by atoms with Gasteiger partial charge in [-0.2, -0.15) is 0 Å². The highest BCUT2D eigenvalue weighted by Crippen LogP contribution is 2.12. The van der Waals surface area contributed by atoms with Crippen molar-refractivity contribution in [2.24, 2.45) is 0 Å². The summed E-state index contributed by atoms with van der Waals surface area (Å²) in [6.45, 7) is 9.52. The molecule has 140 valence electrons. The summed E-state index contributed by atoms with van der Waals surface area (Å²) in [6.07, 6.45) is 0. The Morgan fingerprint density at radius 1 is 0.960 bits per heavy atom. The van der Waals surface area contributed by atoms with Crippen molar-refractivity contribution < 1.29 is 27.7 Å². The third kappa shape index (κ3) is 5.24. The summed E-state index contributed by atoms with van der Waals surface area (Å²) in [4.78, 5) is 3.25. The maximum atomic E-state index is 13.0. The van der Waals surface area contributed by atoms with Crippen LogP contribution in [0.5, 0.6) is 0 Å². The summed E-state index contributed by atoms with van der Waals surface area (Å²) in [7, 11) is -3.28. The lowest BCUT2D eigenvalue weighted by atomic mass is 10.2. The van der Waals surface area contributed by atoms with Gasteiger partial charge >= 0.3 is 0 Å². The SMILES string of the molecule is Cc1ccc(S(=O)(=O)C[C@H](C[NH+]2CCOCC2)[NH+]2CCOCC2)cc1. The maximum Gasteiger partial charge on any atom is 0.184 e. The molecule has 0 amide bonds. The normalized spacial score (nSPS) is 22.0. The van der Waals surface area contributed by atoms with Gasteiger partial charge in [0.15, 0.2) is 15.9 Å². The van der Waals surface area contributed by atoms with E-state index in [-0.39, 0.29) is 11.8 Å². The van der Waals surface area contributed by atoms with Crippen LogP contribution in [-0.2, 0) is 19.3 Å². The van der Waals surface area contributed by atoms with Crippen LogP contribution in [0.3, 0.4) is 0 Å². The summed E-state index contributed by atoms with van der Waals surface area (Å²) in [5.74, 6) is 0.204. The first-order valence-electron chi connectivity index (χ1n) is 9.18. The number of quaternary nitrogens is 2. The van der Waals surface area contributed by atoms with Gasteiger partial charge in [0.2, 0.25) is 0 Å². The molecule has 0 saturated carbocycles. The van der Waals surface area contributed by atoms with E-state index in [2.05, 4.69) is 0 Å². The molecule has 0 radical (unpaired) electrons. The van der Waals surface area contributed by atoms with Gasteiger partial charge in [0.1, 0.15) is 38.5 Å². The van der Waals surface area contributed by atoms with Crippen LogP contribution in [0.25, 0.3) is 0 Å². The molecular weight excluding hydrogens is 340 g/mol. The minimum Gasteiger partial charge on any atom is -0.370 e. The van der Waals surface area contributed by atoms with Gasteiger partial charge in [0, 0.05) is 0 Å². The zero-order chi connectivity index (χ0) is 17.7. The number of sulfone groups is 1. The summed E-state index contributed by atoms with van der Waals surface area (Å²) in [5.41, 5.74) is 1.08. The standard InChI is InChI=1S/C18H28N2O4S/c1-16-2-4-18(5-3-16)25(21,22)15-17(20-8-12-24-13-9-20)14-19-6-10-23-11-7-19/h2-5,17H,6-15H2,1H3/p+2/t17-/m0/s1. The van der Waals surface area contributed by atoms with Crippen molar-refractivity contribution in [3.63, 3.8) is 0 Å². The van der Waals surface area contributed by atoms with Crippen molar-refractivity contribution in [2.45, 2.75) is 17.9 Å². The van der Waals surface area contributed by atoms with Crippen LogP contribution in [0.1, 0.15) is 5.56 Å². The molecule has 0 bridgehead atoms. The fraction of sp³-hybridized carbons (Fsp3) is 0.667. The molecule has 0 unspecified atom stereocenters. The van der Waals surface area contributed by atoms with Crippen molar-refractivity contribution in [2.75, 3.05) is 64.9 Å². The van der Waals surface area contributed by atoms with Gasteiger partial charge in [0.25, 0.3) is 0 Å². The average Bonchev–Trinajstić information content (AvgIpc) is 2.63. The molecule has 1 aromatic carbocycles. The molecule has 2 aliphatic rings. The van der Waals surface area contributed by atoms with Gasteiger partial charge < -0.3 is 19.3 Å². The Kier molecular flexibility index (Phi) is 6.46. The fourth-order valence-corrected chi connectivity index (χ4v) is 5.31. The lowest BCUT2D eigenvalue weighted by Gasteiger charge is -2.34. The first-order valence-corrected chi connectivity index (χ1v) is 10.8. The number of morpholine rings is 2. The number of hydrogen-bond acceptors (Lipinski definition) is 4. The first-order chi connectivity index (χ1) is 12.0. The molecule has 0 aromatic heterocycles. The fourth-order valence-electron chi connectivity index (χ4n) is 3.68. The van der Waals surface area contributed by atoms with Crippen molar-refractivity contribution in [3.8, 4) is 0 Å². The third-order valence-corrected chi connectivity index (χ3v) is 7.08. The molecule has 7 heteroatoms. The molecular formula is C18H30N2O4S+2. The number of nitrogens with one attached hydrogen (secondary N) is 2. The second-order valence-electron chi connectivity index (χ2n) is 7.13.